The Labute approximate surface area is 192 Å². The second kappa shape index (κ2) is 8.01. The van der Waals surface area contributed by atoms with E-state index in [1.807, 2.05) is 4.90 Å². The van der Waals surface area contributed by atoms with E-state index in [0.717, 1.165) is 11.1 Å². The van der Waals surface area contributed by atoms with E-state index in [2.05, 4.69) is 42.0 Å². The monoisotopic (exact) mass is 451 g/mol. The quantitative estimate of drug-likeness (QED) is 0.409. The summed E-state index contributed by atoms with van der Waals surface area (Å²) in [6.45, 7) is 1.13. The van der Waals surface area contributed by atoms with Crippen LogP contribution in [0, 0.1) is 23.5 Å². The van der Waals surface area contributed by atoms with Crippen LogP contribution in [0.25, 0.3) is 22.4 Å². The standard InChI is InChI=1S/C25H15F2N7/c26-19-3-2-16-13-34(14-18(16)11-19)25-29-8-6-22(32-25)24-28-7-5-20(31-24)4-1-15-9-17-12-30-33-23(17)21(27)10-15/h2-3,5-12H,13-14H2,(H,30,33). The molecule has 1 aliphatic heterocycles. The van der Waals surface area contributed by atoms with Crippen molar-refractivity contribution in [2.24, 2.45) is 0 Å². The molecule has 34 heavy (non-hydrogen) atoms. The molecule has 0 saturated carbocycles. The predicted octanol–water partition coefficient (Wildman–Crippen LogP) is 4.01. The van der Waals surface area contributed by atoms with Gasteiger partial charge in [0, 0.05) is 36.4 Å². The highest BCUT2D eigenvalue weighted by Crippen LogP contribution is 2.27. The average molecular weight is 451 g/mol. The van der Waals surface area contributed by atoms with Crippen molar-refractivity contribution in [3.05, 3.63) is 95.1 Å². The van der Waals surface area contributed by atoms with E-state index in [0.29, 0.717) is 52.7 Å². The van der Waals surface area contributed by atoms with Gasteiger partial charge in [-0.15, -0.1) is 0 Å². The van der Waals surface area contributed by atoms with Gasteiger partial charge in [-0.2, -0.15) is 5.10 Å². The Morgan fingerprint density at radius 1 is 0.882 bits per heavy atom. The lowest BCUT2D eigenvalue weighted by atomic mass is 10.1. The minimum Gasteiger partial charge on any atom is -0.332 e. The third-order valence-electron chi connectivity index (χ3n) is 5.54. The molecule has 0 saturated heterocycles. The Kier molecular flexibility index (Phi) is 4.70. The average Bonchev–Trinajstić information content (AvgIpc) is 3.50. The molecular formula is C25H15F2N7. The highest BCUT2D eigenvalue weighted by Gasteiger charge is 2.22. The van der Waals surface area contributed by atoms with E-state index in [1.165, 1.54) is 12.1 Å². The smallest absolute Gasteiger partial charge is 0.226 e. The minimum atomic E-state index is -0.414. The molecule has 9 heteroatoms. The molecule has 6 rings (SSSR count). The Hall–Kier alpha value is -4.71. The summed E-state index contributed by atoms with van der Waals surface area (Å²) in [4.78, 5) is 19.8. The van der Waals surface area contributed by atoms with Crippen molar-refractivity contribution in [3.63, 3.8) is 0 Å². The van der Waals surface area contributed by atoms with Gasteiger partial charge in [-0.25, -0.2) is 28.7 Å². The number of aromatic amines is 1. The van der Waals surface area contributed by atoms with Gasteiger partial charge in [0.1, 0.15) is 28.5 Å². The van der Waals surface area contributed by atoms with Crippen LogP contribution in [-0.2, 0) is 13.1 Å². The summed E-state index contributed by atoms with van der Waals surface area (Å²) in [7, 11) is 0. The normalized spacial score (nSPS) is 12.5. The summed E-state index contributed by atoms with van der Waals surface area (Å²) < 4.78 is 27.7. The number of fused-ring (bicyclic) bond motifs is 2. The van der Waals surface area contributed by atoms with Crippen LogP contribution in [0.5, 0.6) is 0 Å². The van der Waals surface area contributed by atoms with Gasteiger partial charge >= 0.3 is 0 Å². The van der Waals surface area contributed by atoms with Crippen molar-refractivity contribution in [3.8, 4) is 23.4 Å². The second-order valence-electron chi connectivity index (χ2n) is 7.82. The van der Waals surface area contributed by atoms with Crippen molar-refractivity contribution in [1.82, 2.24) is 30.1 Å². The first kappa shape index (κ1) is 19.9. The third-order valence-corrected chi connectivity index (χ3v) is 5.54. The summed E-state index contributed by atoms with van der Waals surface area (Å²) in [6.07, 6.45) is 4.79. The van der Waals surface area contributed by atoms with Gasteiger partial charge in [0.15, 0.2) is 5.82 Å². The van der Waals surface area contributed by atoms with Crippen molar-refractivity contribution in [1.29, 1.82) is 0 Å². The van der Waals surface area contributed by atoms with Crippen molar-refractivity contribution < 1.29 is 8.78 Å². The summed E-state index contributed by atoms with van der Waals surface area (Å²) in [5, 5.41) is 7.12. The lowest BCUT2D eigenvalue weighted by Gasteiger charge is -2.15. The van der Waals surface area contributed by atoms with Crippen LogP contribution >= 0.6 is 0 Å². The van der Waals surface area contributed by atoms with E-state index in [4.69, 9.17) is 0 Å². The summed E-state index contributed by atoms with van der Waals surface area (Å²) in [5.74, 6) is 6.13. The molecule has 164 valence electrons. The Morgan fingerprint density at radius 2 is 1.76 bits per heavy atom. The van der Waals surface area contributed by atoms with Crippen LogP contribution in [0.15, 0.2) is 61.1 Å². The number of H-pyrrole nitrogens is 1. The van der Waals surface area contributed by atoms with Crippen LogP contribution in [0.3, 0.4) is 0 Å². The van der Waals surface area contributed by atoms with Crippen LogP contribution in [0.4, 0.5) is 14.7 Å². The van der Waals surface area contributed by atoms with Crippen molar-refractivity contribution in [2.75, 3.05) is 4.90 Å². The molecule has 1 N–H and O–H groups in total. The van der Waals surface area contributed by atoms with Crippen molar-refractivity contribution in [2.45, 2.75) is 13.1 Å². The molecule has 5 aromatic rings. The molecule has 7 nitrogen and oxygen atoms in total. The fourth-order valence-corrected chi connectivity index (χ4v) is 3.90. The zero-order valence-corrected chi connectivity index (χ0v) is 17.6. The zero-order chi connectivity index (χ0) is 23.1. The maximum Gasteiger partial charge on any atom is 0.226 e. The topological polar surface area (TPSA) is 83.5 Å². The first-order chi connectivity index (χ1) is 16.6. The first-order valence-electron chi connectivity index (χ1n) is 10.5. The van der Waals surface area contributed by atoms with Crippen molar-refractivity contribution >= 4 is 16.9 Å². The molecule has 0 fully saturated rings. The van der Waals surface area contributed by atoms with Crippen LogP contribution in [-0.4, -0.2) is 30.1 Å². The van der Waals surface area contributed by atoms with E-state index in [1.54, 1.807) is 48.9 Å². The number of hydrogen-bond acceptors (Lipinski definition) is 6. The van der Waals surface area contributed by atoms with E-state index >= 15 is 0 Å². The van der Waals surface area contributed by atoms with E-state index in [-0.39, 0.29) is 5.82 Å². The highest BCUT2D eigenvalue weighted by molar-refractivity contribution is 5.80. The molecular weight excluding hydrogens is 436 g/mol. The summed E-state index contributed by atoms with van der Waals surface area (Å²) in [5.41, 5.74) is 3.85. The van der Waals surface area contributed by atoms with Gasteiger partial charge < -0.3 is 4.90 Å². The molecule has 1 aliphatic rings. The number of benzene rings is 2. The van der Waals surface area contributed by atoms with Gasteiger partial charge in [-0.3, -0.25) is 5.10 Å². The lowest BCUT2D eigenvalue weighted by molar-refractivity contribution is 0.626. The van der Waals surface area contributed by atoms with Crippen LogP contribution in [0.1, 0.15) is 22.4 Å². The van der Waals surface area contributed by atoms with E-state index in [9.17, 15) is 8.78 Å². The zero-order valence-electron chi connectivity index (χ0n) is 17.6. The van der Waals surface area contributed by atoms with Gasteiger partial charge in [-0.1, -0.05) is 12.0 Å². The van der Waals surface area contributed by atoms with Gasteiger partial charge in [0.25, 0.3) is 0 Å². The Balaban J connectivity index is 1.27. The first-order valence-corrected chi connectivity index (χ1v) is 10.5. The second-order valence-corrected chi connectivity index (χ2v) is 7.82. The number of halogens is 2. The molecule has 4 heterocycles. The maximum atomic E-state index is 14.2. The van der Waals surface area contributed by atoms with Crippen LogP contribution < -0.4 is 4.90 Å². The Bertz CT molecular complexity index is 1620. The molecule has 0 aliphatic carbocycles. The van der Waals surface area contributed by atoms with Gasteiger partial charge in [0.2, 0.25) is 5.95 Å². The number of nitrogens with zero attached hydrogens (tertiary/aromatic N) is 6. The molecule has 0 amide bonds. The number of rotatable bonds is 2. The minimum absolute atomic E-state index is 0.256. The number of nitrogens with one attached hydrogen (secondary N) is 1. The number of anilines is 1. The third kappa shape index (κ3) is 3.71. The lowest BCUT2D eigenvalue weighted by Crippen LogP contribution is -2.17. The molecule has 3 aromatic heterocycles. The maximum absolute atomic E-state index is 14.2. The summed E-state index contributed by atoms with van der Waals surface area (Å²) in [6, 6.07) is 11.3. The SMILES string of the molecule is Fc1ccc2c(c1)CN(c1nccc(-c3nccc(C#Cc4cc(F)c5[nH]ncc5c4)n3)n1)C2. The van der Waals surface area contributed by atoms with Gasteiger partial charge in [0.05, 0.1) is 6.20 Å². The highest BCUT2D eigenvalue weighted by atomic mass is 19.1. The molecule has 0 radical (unpaired) electrons. The van der Waals surface area contributed by atoms with E-state index < -0.39 is 5.82 Å². The fourth-order valence-electron chi connectivity index (χ4n) is 3.90. The molecule has 0 unspecified atom stereocenters. The van der Waals surface area contributed by atoms with Crippen LogP contribution in [0.2, 0.25) is 0 Å². The number of aromatic nitrogens is 6. The molecule has 0 atom stereocenters. The fraction of sp³-hybridized carbons (Fsp3) is 0.0800. The Morgan fingerprint density at radius 3 is 2.71 bits per heavy atom. The predicted molar refractivity (Wildman–Crippen MR) is 121 cm³/mol. The number of hydrogen-bond donors (Lipinski definition) is 1. The van der Waals surface area contributed by atoms with Gasteiger partial charge in [-0.05, 0) is 53.4 Å². The molecule has 0 bridgehead atoms. The molecule has 2 aromatic carbocycles. The largest absolute Gasteiger partial charge is 0.332 e. The molecule has 0 spiro atoms. The summed E-state index contributed by atoms with van der Waals surface area (Å²) >= 11 is 0.